The minimum Gasteiger partial charge on any atom is -0.253 e. The van der Waals surface area contributed by atoms with E-state index in [4.69, 9.17) is 4.84 Å². The van der Waals surface area contributed by atoms with Gasteiger partial charge in [-0.2, -0.15) is 0 Å². The Morgan fingerprint density at radius 3 is 2.25 bits per heavy atom. The normalized spacial score (nSPS) is 21.7. The summed E-state index contributed by atoms with van der Waals surface area (Å²) in [6.07, 6.45) is -0.533. The molecule has 1 heterocycles. The smallest absolute Gasteiger partial charge is 0.253 e. The second-order valence-corrected chi connectivity index (χ2v) is 7.28. The number of hydroxylamine groups is 1. The molecule has 1 aliphatic rings. The second-order valence-electron chi connectivity index (χ2n) is 4.58. The van der Waals surface area contributed by atoms with Gasteiger partial charge in [0.2, 0.25) is 0 Å². The summed E-state index contributed by atoms with van der Waals surface area (Å²) in [5, 5.41) is 0. The Balaban J connectivity index is 1.84. The van der Waals surface area contributed by atoms with Crippen molar-refractivity contribution in [2.24, 2.45) is 0 Å². The predicted molar refractivity (Wildman–Crippen MR) is 78.2 cm³/mol. The molecule has 104 valence electrons. The third kappa shape index (κ3) is 2.52. The minimum atomic E-state index is -3.59. The average molecular weight is 354 g/mol. The molecule has 2 aromatic rings. The second kappa shape index (κ2) is 4.96. The van der Waals surface area contributed by atoms with E-state index in [2.05, 4.69) is 15.9 Å². The van der Waals surface area contributed by atoms with E-state index in [0.29, 0.717) is 0 Å². The Morgan fingerprint density at radius 2 is 1.65 bits per heavy atom. The van der Waals surface area contributed by atoms with Gasteiger partial charge in [0.15, 0.2) is 6.23 Å². The third-order valence-corrected chi connectivity index (χ3v) is 5.21. The fourth-order valence-electron chi connectivity index (χ4n) is 1.88. The van der Waals surface area contributed by atoms with Gasteiger partial charge in [-0.3, -0.25) is 4.84 Å². The standard InChI is InChI=1S/C14H12BrNO3S/c1-10-2-8-13(9-3-10)20(17,18)16-14(19-16)11-4-6-12(15)7-5-11/h2-9,14H,1H3. The number of benzene rings is 2. The first-order chi connectivity index (χ1) is 9.48. The van der Waals surface area contributed by atoms with Gasteiger partial charge < -0.3 is 0 Å². The van der Waals surface area contributed by atoms with E-state index in [1.165, 1.54) is 0 Å². The Kier molecular flexibility index (Phi) is 3.41. The van der Waals surface area contributed by atoms with Crippen LogP contribution in [0.3, 0.4) is 0 Å². The van der Waals surface area contributed by atoms with Crippen molar-refractivity contribution in [2.45, 2.75) is 18.0 Å². The molecule has 0 spiro atoms. The number of sulfonamides is 1. The van der Waals surface area contributed by atoms with Crippen LogP contribution in [0.1, 0.15) is 17.4 Å². The van der Waals surface area contributed by atoms with Gasteiger partial charge in [0.05, 0.1) is 4.90 Å². The minimum absolute atomic E-state index is 0.239. The van der Waals surface area contributed by atoms with Crippen molar-refractivity contribution >= 4 is 26.0 Å². The summed E-state index contributed by atoms with van der Waals surface area (Å²) in [5.41, 5.74) is 1.82. The number of nitrogens with zero attached hydrogens (tertiary/aromatic N) is 1. The molecule has 6 heteroatoms. The average Bonchev–Trinajstić information content (AvgIpc) is 3.21. The Hall–Kier alpha value is -1.21. The molecule has 0 radical (unpaired) electrons. The van der Waals surface area contributed by atoms with Crippen LogP contribution >= 0.6 is 15.9 Å². The number of halogens is 1. The molecule has 0 saturated carbocycles. The van der Waals surface area contributed by atoms with Crippen LogP contribution in [0.15, 0.2) is 57.9 Å². The molecule has 2 unspecified atom stereocenters. The van der Waals surface area contributed by atoms with Crippen molar-refractivity contribution in [3.05, 3.63) is 64.1 Å². The molecule has 3 rings (SSSR count). The van der Waals surface area contributed by atoms with Crippen LogP contribution in [0.25, 0.3) is 0 Å². The highest BCUT2D eigenvalue weighted by Gasteiger charge is 2.48. The van der Waals surface area contributed by atoms with Gasteiger partial charge in [0.25, 0.3) is 10.0 Å². The van der Waals surface area contributed by atoms with Gasteiger partial charge in [-0.15, -0.1) is 0 Å². The highest BCUT2D eigenvalue weighted by Crippen LogP contribution is 2.42. The van der Waals surface area contributed by atoms with E-state index in [1.807, 2.05) is 31.2 Å². The first kappa shape index (κ1) is 13.8. The van der Waals surface area contributed by atoms with E-state index in [0.717, 1.165) is 20.1 Å². The molecular formula is C14H12BrNO3S. The Labute approximate surface area is 126 Å². The van der Waals surface area contributed by atoms with Crippen LogP contribution < -0.4 is 0 Å². The van der Waals surface area contributed by atoms with E-state index in [1.54, 1.807) is 24.3 Å². The first-order valence-corrected chi connectivity index (χ1v) is 8.25. The van der Waals surface area contributed by atoms with Gasteiger partial charge in [0, 0.05) is 10.0 Å². The summed E-state index contributed by atoms with van der Waals surface area (Å²) in [6.45, 7) is 1.91. The van der Waals surface area contributed by atoms with E-state index in [-0.39, 0.29) is 4.90 Å². The SMILES string of the molecule is Cc1ccc(S(=O)(=O)N2OC2c2ccc(Br)cc2)cc1. The predicted octanol–water partition coefficient (Wildman–Crippen LogP) is 3.39. The molecule has 1 fully saturated rings. The van der Waals surface area contributed by atoms with E-state index < -0.39 is 16.3 Å². The van der Waals surface area contributed by atoms with Gasteiger partial charge in [-0.25, -0.2) is 8.42 Å². The van der Waals surface area contributed by atoms with Gasteiger partial charge in [-0.1, -0.05) is 45.8 Å². The summed E-state index contributed by atoms with van der Waals surface area (Å²) < 4.78 is 26.7. The van der Waals surface area contributed by atoms with Gasteiger partial charge in [-0.05, 0) is 35.7 Å². The zero-order chi connectivity index (χ0) is 14.3. The van der Waals surface area contributed by atoms with Crippen molar-refractivity contribution < 1.29 is 13.3 Å². The van der Waals surface area contributed by atoms with Crippen LogP contribution in [0.5, 0.6) is 0 Å². The van der Waals surface area contributed by atoms with Gasteiger partial charge >= 0.3 is 0 Å². The lowest BCUT2D eigenvalue weighted by Crippen LogP contribution is -2.12. The third-order valence-electron chi connectivity index (χ3n) is 3.06. The van der Waals surface area contributed by atoms with Crippen molar-refractivity contribution in [1.29, 1.82) is 0 Å². The van der Waals surface area contributed by atoms with Crippen LogP contribution in [0.4, 0.5) is 0 Å². The van der Waals surface area contributed by atoms with Crippen molar-refractivity contribution in [1.82, 2.24) is 4.47 Å². The molecule has 4 nitrogen and oxygen atoms in total. The lowest BCUT2D eigenvalue weighted by atomic mass is 10.2. The van der Waals surface area contributed by atoms with Crippen LogP contribution in [-0.4, -0.2) is 12.9 Å². The molecule has 0 aromatic heterocycles. The highest BCUT2D eigenvalue weighted by atomic mass is 79.9. The fourth-order valence-corrected chi connectivity index (χ4v) is 3.40. The first-order valence-electron chi connectivity index (χ1n) is 6.02. The maximum atomic E-state index is 12.3. The van der Waals surface area contributed by atoms with Crippen LogP contribution in [-0.2, 0) is 14.9 Å². The topological polar surface area (TPSA) is 49.7 Å². The zero-order valence-electron chi connectivity index (χ0n) is 10.7. The van der Waals surface area contributed by atoms with Crippen LogP contribution in [0, 0.1) is 6.92 Å². The monoisotopic (exact) mass is 353 g/mol. The van der Waals surface area contributed by atoms with Gasteiger partial charge in [0.1, 0.15) is 0 Å². The number of hydrogen-bond acceptors (Lipinski definition) is 3. The highest BCUT2D eigenvalue weighted by molar-refractivity contribution is 9.10. The molecule has 1 saturated heterocycles. The summed E-state index contributed by atoms with van der Waals surface area (Å²) >= 11 is 3.34. The lowest BCUT2D eigenvalue weighted by Gasteiger charge is -2.03. The van der Waals surface area contributed by atoms with Crippen molar-refractivity contribution in [3.63, 3.8) is 0 Å². The Morgan fingerprint density at radius 1 is 1.05 bits per heavy atom. The molecule has 2 atom stereocenters. The van der Waals surface area contributed by atoms with E-state index in [9.17, 15) is 8.42 Å². The number of rotatable bonds is 3. The molecular weight excluding hydrogens is 342 g/mol. The van der Waals surface area contributed by atoms with Crippen LogP contribution in [0.2, 0.25) is 0 Å². The zero-order valence-corrected chi connectivity index (χ0v) is 13.1. The molecule has 0 N–H and O–H groups in total. The number of hydrogen-bond donors (Lipinski definition) is 0. The largest absolute Gasteiger partial charge is 0.267 e. The quantitative estimate of drug-likeness (QED) is 0.794. The molecule has 0 aliphatic carbocycles. The fraction of sp³-hybridized carbons (Fsp3) is 0.143. The summed E-state index contributed by atoms with van der Waals surface area (Å²) in [7, 11) is -3.59. The lowest BCUT2D eigenvalue weighted by molar-refractivity contribution is 0.283. The summed E-state index contributed by atoms with van der Waals surface area (Å²) in [6, 6.07) is 14.1. The van der Waals surface area contributed by atoms with Crippen molar-refractivity contribution in [3.8, 4) is 0 Å². The van der Waals surface area contributed by atoms with E-state index >= 15 is 0 Å². The van der Waals surface area contributed by atoms with Crippen molar-refractivity contribution in [2.75, 3.05) is 0 Å². The molecule has 1 aliphatic heterocycles. The number of aryl methyl sites for hydroxylation is 1. The maximum absolute atomic E-state index is 12.3. The molecule has 0 bridgehead atoms. The molecule has 2 aromatic carbocycles. The molecule has 0 amide bonds. The maximum Gasteiger partial charge on any atom is 0.267 e. The molecule has 20 heavy (non-hydrogen) atoms. The summed E-state index contributed by atoms with van der Waals surface area (Å²) in [4.78, 5) is 5.46. The Bertz CT molecular complexity index is 726. The summed E-state index contributed by atoms with van der Waals surface area (Å²) in [5.74, 6) is 0.